The molecule has 0 saturated carbocycles. The first-order valence-corrected chi connectivity index (χ1v) is 10.9. The van der Waals surface area contributed by atoms with E-state index in [4.69, 9.17) is 13.9 Å². The Labute approximate surface area is 191 Å². The smallest absolute Gasteiger partial charge is 0.339 e. The number of nitrogens with one attached hydrogen (secondary N) is 1. The zero-order valence-electron chi connectivity index (χ0n) is 18.7. The van der Waals surface area contributed by atoms with Gasteiger partial charge in [0.15, 0.2) is 0 Å². The van der Waals surface area contributed by atoms with Crippen LogP contribution in [-0.4, -0.2) is 31.2 Å². The molecule has 0 fully saturated rings. The molecule has 2 aromatic heterocycles. The van der Waals surface area contributed by atoms with Crippen molar-refractivity contribution in [1.82, 2.24) is 10.3 Å². The highest BCUT2D eigenvalue weighted by atomic mass is 16.5. The molecule has 33 heavy (non-hydrogen) atoms. The molecule has 2 aromatic carbocycles. The lowest BCUT2D eigenvalue weighted by Gasteiger charge is -2.10. The molecule has 0 unspecified atom stereocenters. The first-order chi connectivity index (χ1) is 16.1. The van der Waals surface area contributed by atoms with Crippen LogP contribution in [0.15, 0.2) is 63.9 Å². The lowest BCUT2D eigenvalue weighted by atomic mass is 10.0. The molecule has 0 spiro atoms. The third kappa shape index (κ3) is 5.14. The van der Waals surface area contributed by atoms with Gasteiger partial charge in [0.05, 0.1) is 13.7 Å². The largest absolute Gasteiger partial charge is 0.497 e. The number of rotatable bonds is 9. The Balaban J connectivity index is 1.27. The molecule has 0 bridgehead atoms. The molecule has 1 N–H and O–H groups in total. The third-order valence-electron chi connectivity index (χ3n) is 5.59. The SMILES string of the molecule is COc1ccc2c(C)c(CCC(=O)NCCCOc3cccc4cccnc34)c(=O)oc2c1. The van der Waals surface area contributed by atoms with Crippen LogP contribution in [0.2, 0.25) is 0 Å². The maximum atomic E-state index is 12.4. The van der Waals surface area contributed by atoms with E-state index in [0.29, 0.717) is 42.9 Å². The van der Waals surface area contributed by atoms with Gasteiger partial charge in [0.2, 0.25) is 5.91 Å². The number of pyridine rings is 1. The van der Waals surface area contributed by atoms with E-state index in [9.17, 15) is 9.59 Å². The topological polar surface area (TPSA) is 90.7 Å². The van der Waals surface area contributed by atoms with Crippen LogP contribution in [0, 0.1) is 6.92 Å². The summed E-state index contributed by atoms with van der Waals surface area (Å²) in [7, 11) is 1.56. The van der Waals surface area contributed by atoms with Gasteiger partial charge in [-0.05, 0) is 49.6 Å². The van der Waals surface area contributed by atoms with Gasteiger partial charge in [0, 0.05) is 41.6 Å². The normalized spacial score (nSPS) is 11.0. The van der Waals surface area contributed by atoms with E-state index < -0.39 is 5.63 Å². The van der Waals surface area contributed by atoms with Crippen molar-refractivity contribution in [2.24, 2.45) is 0 Å². The number of aryl methyl sites for hydroxylation is 1. The zero-order valence-corrected chi connectivity index (χ0v) is 18.7. The number of nitrogens with zero attached hydrogens (tertiary/aromatic N) is 1. The van der Waals surface area contributed by atoms with Gasteiger partial charge in [0.1, 0.15) is 22.6 Å². The number of hydrogen-bond donors (Lipinski definition) is 1. The van der Waals surface area contributed by atoms with Crippen molar-refractivity contribution in [2.45, 2.75) is 26.2 Å². The molecular formula is C26H26N2O5. The summed E-state index contributed by atoms with van der Waals surface area (Å²) < 4.78 is 16.5. The number of carbonyl (C=O) groups is 1. The summed E-state index contributed by atoms with van der Waals surface area (Å²) in [5, 5.41) is 4.75. The molecule has 4 rings (SSSR count). The molecule has 4 aromatic rings. The van der Waals surface area contributed by atoms with E-state index in [2.05, 4.69) is 10.3 Å². The number of hydrogen-bond acceptors (Lipinski definition) is 6. The van der Waals surface area contributed by atoms with Crippen LogP contribution < -0.4 is 20.4 Å². The lowest BCUT2D eigenvalue weighted by molar-refractivity contribution is -0.121. The Morgan fingerprint density at radius 1 is 1.15 bits per heavy atom. The predicted molar refractivity (Wildman–Crippen MR) is 127 cm³/mol. The molecule has 7 nitrogen and oxygen atoms in total. The second-order valence-corrected chi connectivity index (χ2v) is 7.74. The maximum absolute atomic E-state index is 12.4. The summed E-state index contributed by atoms with van der Waals surface area (Å²) in [4.78, 5) is 29.1. The van der Waals surface area contributed by atoms with E-state index in [-0.39, 0.29) is 12.3 Å². The van der Waals surface area contributed by atoms with Crippen LogP contribution in [0.25, 0.3) is 21.9 Å². The van der Waals surface area contributed by atoms with Crippen molar-refractivity contribution in [3.63, 3.8) is 0 Å². The van der Waals surface area contributed by atoms with Gasteiger partial charge >= 0.3 is 5.63 Å². The molecule has 0 atom stereocenters. The van der Waals surface area contributed by atoms with E-state index >= 15 is 0 Å². The van der Waals surface area contributed by atoms with Crippen molar-refractivity contribution < 1.29 is 18.7 Å². The van der Waals surface area contributed by atoms with Crippen molar-refractivity contribution in [3.05, 3.63) is 76.3 Å². The Bertz CT molecular complexity index is 1340. The van der Waals surface area contributed by atoms with Crippen LogP contribution in [0.1, 0.15) is 24.0 Å². The highest BCUT2D eigenvalue weighted by molar-refractivity contribution is 5.84. The first kappa shape index (κ1) is 22.3. The quantitative estimate of drug-likeness (QED) is 0.306. The van der Waals surface area contributed by atoms with Gasteiger partial charge in [0.25, 0.3) is 0 Å². The molecule has 7 heteroatoms. The summed E-state index contributed by atoms with van der Waals surface area (Å²) in [6, 6.07) is 15.1. The van der Waals surface area contributed by atoms with Crippen molar-refractivity contribution >= 4 is 27.8 Å². The number of fused-ring (bicyclic) bond motifs is 2. The van der Waals surface area contributed by atoms with Gasteiger partial charge in [-0.25, -0.2) is 4.79 Å². The Kier molecular flexibility index (Phi) is 6.88. The number of benzene rings is 2. The van der Waals surface area contributed by atoms with Crippen molar-refractivity contribution in [2.75, 3.05) is 20.3 Å². The fourth-order valence-corrected chi connectivity index (χ4v) is 3.79. The van der Waals surface area contributed by atoms with E-state index in [1.165, 1.54) is 0 Å². The predicted octanol–water partition coefficient (Wildman–Crippen LogP) is 4.18. The van der Waals surface area contributed by atoms with Gasteiger partial charge < -0.3 is 19.2 Å². The van der Waals surface area contributed by atoms with Crippen LogP contribution in [0.5, 0.6) is 11.5 Å². The minimum Gasteiger partial charge on any atom is -0.497 e. The average Bonchev–Trinajstić information content (AvgIpc) is 2.83. The number of ether oxygens (including phenoxy) is 2. The van der Waals surface area contributed by atoms with Gasteiger partial charge in [-0.15, -0.1) is 0 Å². The number of amides is 1. The summed E-state index contributed by atoms with van der Waals surface area (Å²) in [5.41, 5.74) is 2.24. The average molecular weight is 447 g/mol. The molecule has 2 heterocycles. The van der Waals surface area contributed by atoms with Gasteiger partial charge in [-0.1, -0.05) is 18.2 Å². The second-order valence-electron chi connectivity index (χ2n) is 7.74. The number of aromatic nitrogens is 1. The lowest BCUT2D eigenvalue weighted by Crippen LogP contribution is -2.26. The van der Waals surface area contributed by atoms with Crippen LogP contribution in [0.3, 0.4) is 0 Å². The summed E-state index contributed by atoms with van der Waals surface area (Å²) in [6.07, 6.45) is 2.93. The highest BCUT2D eigenvalue weighted by Crippen LogP contribution is 2.25. The Morgan fingerprint density at radius 3 is 2.85 bits per heavy atom. The molecule has 0 radical (unpaired) electrons. The van der Waals surface area contributed by atoms with Crippen LogP contribution in [0.4, 0.5) is 0 Å². The molecule has 0 saturated heterocycles. The first-order valence-electron chi connectivity index (χ1n) is 10.9. The molecule has 0 aliphatic carbocycles. The van der Waals surface area contributed by atoms with Gasteiger partial charge in [-0.2, -0.15) is 0 Å². The maximum Gasteiger partial charge on any atom is 0.339 e. The van der Waals surface area contributed by atoms with Crippen molar-refractivity contribution in [1.29, 1.82) is 0 Å². The third-order valence-corrected chi connectivity index (χ3v) is 5.59. The Hall–Kier alpha value is -3.87. The molecule has 170 valence electrons. The zero-order chi connectivity index (χ0) is 23.2. The molecular weight excluding hydrogens is 420 g/mol. The summed E-state index contributed by atoms with van der Waals surface area (Å²) in [5.74, 6) is 1.24. The van der Waals surface area contributed by atoms with Crippen LogP contribution >= 0.6 is 0 Å². The summed E-state index contributed by atoms with van der Waals surface area (Å²) >= 11 is 0. The molecule has 0 aliphatic rings. The number of methoxy groups -OCH3 is 1. The number of carbonyl (C=O) groups excluding carboxylic acids is 1. The Morgan fingerprint density at radius 2 is 2.00 bits per heavy atom. The molecule has 0 aliphatic heterocycles. The van der Waals surface area contributed by atoms with Crippen LogP contribution in [-0.2, 0) is 11.2 Å². The van der Waals surface area contributed by atoms with Crippen molar-refractivity contribution in [3.8, 4) is 11.5 Å². The fraction of sp³-hybridized carbons (Fsp3) is 0.269. The van der Waals surface area contributed by atoms with E-state index in [1.807, 2.05) is 49.4 Å². The second kappa shape index (κ2) is 10.2. The molecule has 1 amide bonds. The van der Waals surface area contributed by atoms with Gasteiger partial charge in [-0.3, -0.25) is 9.78 Å². The standard InChI is InChI=1S/C26H26N2O5/c1-17-20-10-9-19(31-2)16-23(20)33-26(30)21(17)11-12-24(29)27-14-5-15-32-22-8-3-6-18-7-4-13-28-25(18)22/h3-4,6-10,13,16H,5,11-12,14-15H2,1-2H3,(H,27,29). The van der Waals surface area contributed by atoms with E-state index in [0.717, 1.165) is 27.6 Å². The highest BCUT2D eigenvalue weighted by Gasteiger charge is 2.13. The van der Waals surface area contributed by atoms with E-state index in [1.54, 1.807) is 19.4 Å². The minimum absolute atomic E-state index is 0.115. The minimum atomic E-state index is -0.418. The number of para-hydroxylation sites is 1. The fourth-order valence-electron chi connectivity index (χ4n) is 3.79. The monoisotopic (exact) mass is 446 g/mol. The summed E-state index contributed by atoms with van der Waals surface area (Å²) in [6.45, 7) is 2.83.